The second kappa shape index (κ2) is 8.63. The molecule has 0 unspecified atom stereocenters. The fraction of sp³-hybridized carbons (Fsp3) is 0.238. The fourth-order valence-electron chi connectivity index (χ4n) is 2.51. The number of hydrogen-bond donors (Lipinski definition) is 0. The summed E-state index contributed by atoms with van der Waals surface area (Å²) in [5, 5.41) is 2.81. The van der Waals surface area contributed by atoms with Crippen LogP contribution in [0.15, 0.2) is 60.0 Å². The first kappa shape index (κ1) is 18.1. The topological polar surface area (TPSA) is 42.4 Å². The molecule has 0 bridgehead atoms. The zero-order valence-electron chi connectivity index (χ0n) is 15.0. The second-order valence-electron chi connectivity index (χ2n) is 6.25. The molecule has 1 aromatic heterocycles. The van der Waals surface area contributed by atoms with Crippen LogP contribution in [-0.4, -0.2) is 22.8 Å². The van der Waals surface area contributed by atoms with Crippen molar-refractivity contribution in [2.45, 2.75) is 26.5 Å². The minimum Gasteiger partial charge on any atom is -0.486 e. The van der Waals surface area contributed by atoms with E-state index in [1.165, 1.54) is 16.9 Å². The number of likely N-dealkylation sites (N-methyl/N-ethyl adjacent to an activating group) is 1. The van der Waals surface area contributed by atoms with Crippen LogP contribution in [0.5, 0.6) is 5.75 Å². The van der Waals surface area contributed by atoms with Crippen LogP contribution in [0, 0.1) is 6.92 Å². The lowest BCUT2D eigenvalue weighted by Crippen LogP contribution is -2.27. The van der Waals surface area contributed by atoms with Crippen molar-refractivity contribution < 1.29 is 9.53 Å². The predicted octanol–water partition coefficient (Wildman–Crippen LogP) is 4.23. The molecule has 0 radical (unpaired) electrons. The molecule has 0 fully saturated rings. The van der Waals surface area contributed by atoms with Crippen molar-refractivity contribution in [3.05, 3.63) is 81.8 Å². The summed E-state index contributed by atoms with van der Waals surface area (Å²) >= 11 is 1.52. The molecule has 3 rings (SSSR count). The van der Waals surface area contributed by atoms with E-state index in [1.807, 2.05) is 73.9 Å². The van der Waals surface area contributed by atoms with Crippen LogP contribution in [0.25, 0.3) is 0 Å². The molecule has 134 valence electrons. The quantitative estimate of drug-likeness (QED) is 0.628. The highest BCUT2D eigenvalue weighted by molar-refractivity contribution is 7.09. The molecular weight excluding hydrogens is 344 g/mol. The molecular formula is C21H22N2O2S. The number of benzene rings is 2. The van der Waals surface area contributed by atoms with Gasteiger partial charge in [0, 0.05) is 19.0 Å². The summed E-state index contributed by atoms with van der Waals surface area (Å²) in [5.74, 6) is 0.885. The van der Waals surface area contributed by atoms with Crippen LogP contribution >= 0.6 is 11.3 Å². The first-order valence-electron chi connectivity index (χ1n) is 8.51. The Morgan fingerprint density at radius 1 is 1.12 bits per heavy atom. The van der Waals surface area contributed by atoms with Gasteiger partial charge in [-0.3, -0.25) is 4.79 Å². The molecule has 3 aromatic rings. The Kier molecular flexibility index (Phi) is 6.02. The van der Waals surface area contributed by atoms with Gasteiger partial charge in [0.2, 0.25) is 5.91 Å². The number of aryl methyl sites for hydroxylation is 1. The number of carbonyl (C=O) groups excluding carboxylic acids is 1. The predicted molar refractivity (Wildman–Crippen MR) is 104 cm³/mol. The van der Waals surface area contributed by atoms with E-state index in [9.17, 15) is 4.79 Å². The maximum atomic E-state index is 12.4. The van der Waals surface area contributed by atoms with E-state index in [4.69, 9.17) is 4.74 Å². The lowest BCUT2D eigenvalue weighted by molar-refractivity contribution is -0.129. The van der Waals surface area contributed by atoms with Crippen LogP contribution < -0.4 is 4.74 Å². The SMILES string of the molecule is Cc1ccc(OCc2nc(CC(=O)N(C)Cc3ccccc3)cs2)cc1. The molecule has 0 aliphatic heterocycles. The molecule has 0 aliphatic rings. The van der Waals surface area contributed by atoms with Gasteiger partial charge in [-0.05, 0) is 24.6 Å². The number of carbonyl (C=O) groups is 1. The molecule has 0 spiro atoms. The minimum atomic E-state index is 0.0603. The number of thiazole rings is 1. The van der Waals surface area contributed by atoms with Gasteiger partial charge in [-0.2, -0.15) is 0 Å². The third-order valence-corrected chi connectivity index (χ3v) is 4.87. The van der Waals surface area contributed by atoms with Crippen LogP contribution in [0.2, 0.25) is 0 Å². The number of aromatic nitrogens is 1. The van der Waals surface area contributed by atoms with Crippen molar-refractivity contribution in [2.24, 2.45) is 0 Å². The van der Waals surface area contributed by atoms with E-state index in [0.717, 1.165) is 22.0 Å². The summed E-state index contributed by atoms with van der Waals surface area (Å²) in [6.45, 7) is 3.07. The van der Waals surface area contributed by atoms with Crippen LogP contribution in [0.1, 0.15) is 21.8 Å². The molecule has 5 heteroatoms. The Morgan fingerprint density at radius 3 is 2.58 bits per heavy atom. The van der Waals surface area contributed by atoms with Gasteiger partial charge in [0.15, 0.2) is 0 Å². The summed E-state index contributed by atoms with van der Waals surface area (Å²) in [4.78, 5) is 18.6. The monoisotopic (exact) mass is 366 g/mol. The first-order chi connectivity index (χ1) is 12.6. The van der Waals surface area contributed by atoms with Gasteiger partial charge >= 0.3 is 0 Å². The molecule has 0 atom stereocenters. The van der Waals surface area contributed by atoms with Gasteiger partial charge < -0.3 is 9.64 Å². The fourth-order valence-corrected chi connectivity index (χ4v) is 3.22. The third kappa shape index (κ3) is 5.17. The molecule has 1 heterocycles. The summed E-state index contributed by atoms with van der Waals surface area (Å²) in [6, 6.07) is 17.9. The van der Waals surface area contributed by atoms with E-state index in [-0.39, 0.29) is 5.91 Å². The number of hydrogen-bond acceptors (Lipinski definition) is 4. The Labute approximate surface area is 158 Å². The van der Waals surface area contributed by atoms with Gasteiger partial charge in [-0.25, -0.2) is 4.98 Å². The summed E-state index contributed by atoms with van der Waals surface area (Å²) < 4.78 is 5.74. The maximum absolute atomic E-state index is 12.4. The standard InChI is InChI=1S/C21H22N2O2S/c1-16-8-10-19(11-9-16)25-14-20-22-18(15-26-20)12-21(24)23(2)13-17-6-4-3-5-7-17/h3-11,15H,12-14H2,1-2H3. The summed E-state index contributed by atoms with van der Waals surface area (Å²) in [6.07, 6.45) is 0.310. The Hall–Kier alpha value is -2.66. The number of amides is 1. The molecule has 0 aliphatic carbocycles. The molecule has 1 amide bonds. The van der Waals surface area contributed by atoms with Gasteiger partial charge in [-0.15, -0.1) is 11.3 Å². The number of rotatable bonds is 7. The smallest absolute Gasteiger partial charge is 0.228 e. The van der Waals surface area contributed by atoms with E-state index in [2.05, 4.69) is 4.98 Å². The van der Waals surface area contributed by atoms with Crippen LogP contribution in [0.4, 0.5) is 0 Å². The highest BCUT2D eigenvalue weighted by Crippen LogP contribution is 2.17. The molecule has 4 nitrogen and oxygen atoms in total. The highest BCUT2D eigenvalue weighted by Gasteiger charge is 2.13. The van der Waals surface area contributed by atoms with E-state index in [1.54, 1.807) is 4.90 Å². The minimum absolute atomic E-state index is 0.0603. The van der Waals surface area contributed by atoms with Crippen LogP contribution in [-0.2, 0) is 24.4 Å². The Balaban J connectivity index is 1.51. The van der Waals surface area contributed by atoms with Crippen LogP contribution in [0.3, 0.4) is 0 Å². The summed E-state index contributed by atoms with van der Waals surface area (Å²) in [7, 11) is 1.82. The first-order valence-corrected chi connectivity index (χ1v) is 9.39. The second-order valence-corrected chi connectivity index (χ2v) is 7.19. The summed E-state index contributed by atoms with van der Waals surface area (Å²) in [5.41, 5.74) is 3.11. The van der Waals surface area contributed by atoms with Crippen molar-refractivity contribution >= 4 is 17.2 Å². The lowest BCUT2D eigenvalue weighted by atomic mass is 10.2. The van der Waals surface area contributed by atoms with Gasteiger partial charge in [-0.1, -0.05) is 48.0 Å². The third-order valence-electron chi connectivity index (χ3n) is 4.00. The lowest BCUT2D eigenvalue weighted by Gasteiger charge is -2.16. The average molecular weight is 366 g/mol. The van der Waals surface area contributed by atoms with Crippen molar-refractivity contribution in [3.63, 3.8) is 0 Å². The molecule has 0 saturated heterocycles. The molecule has 2 aromatic carbocycles. The average Bonchev–Trinajstić information content (AvgIpc) is 3.09. The van der Waals surface area contributed by atoms with E-state index >= 15 is 0 Å². The normalized spacial score (nSPS) is 10.5. The van der Waals surface area contributed by atoms with Gasteiger partial charge in [0.1, 0.15) is 17.4 Å². The maximum Gasteiger partial charge on any atom is 0.228 e. The molecule has 26 heavy (non-hydrogen) atoms. The van der Waals surface area contributed by atoms with E-state index < -0.39 is 0 Å². The van der Waals surface area contributed by atoms with E-state index in [0.29, 0.717) is 19.6 Å². The largest absolute Gasteiger partial charge is 0.486 e. The number of nitrogens with zero attached hydrogens (tertiary/aromatic N) is 2. The number of ether oxygens (including phenoxy) is 1. The van der Waals surface area contributed by atoms with Gasteiger partial charge in [0.25, 0.3) is 0 Å². The zero-order chi connectivity index (χ0) is 18.4. The van der Waals surface area contributed by atoms with Gasteiger partial charge in [0.05, 0.1) is 12.1 Å². The molecule has 0 N–H and O–H groups in total. The van der Waals surface area contributed by atoms with Crippen molar-refractivity contribution in [1.29, 1.82) is 0 Å². The zero-order valence-corrected chi connectivity index (χ0v) is 15.8. The molecule has 0 saturated carbocycles. The van der Waals surface area contributed by atoms with Crippen molar-refractivity contribution in [2.75, 3.05) is 7.05 Å². The Morgan fingerprint density at radius 2 is 1.85 bits per heavy atom. The van der Waals surface area contributed by atoms with Crippen molar-refractivity contribution in [1.82, 2.24) is 9.88 Å². The highest BCUT2D eigenvalue weighted by atomic mass is 32.1. The Bertz CT molecular complexity index is 844. The van der Waals surface area contributed by atoms with Crippen molar-refractivity contribution in [3.8, 4) is 5.75 Å².